The van der Waals surface area contributed by atoms with E-state index in [-0.39, 0.29) is 18.8 Å². The molecule has 0 spiro atoms. The van der Waals surface area contributed by atoms with Crippen molar-refractivity contribution >= 4 is 35.8 Å². The SMILES string of the molecule is CC[C@@H](C)[C@@H](OC(C)=O)C1O[C@@](OC[C@@H](O)[C@@H](O)C2O[C@@](C)(Sc3ccccc3)C[C@H]3OC(=O)N[C@@H]23)(C(=O)OC)C[C@H]2OC(=O)C[C@@H]12. The van der Waals surface area contributed by atoms with Gasteiger partial charge in [0.05, 0.1) is 32.6 Å². The van der Waals surface area contributed by atoms with Crippen molar-refractivity contribution in [2.45, 2.75) is 118 Å². The number of fused-ring (bicyclic) bond motifs is 2. The van der Waals surface area contributed by atoms with Gasteiger partial charge in [-0.15, -0.1) is 0 Å². The highest BCUT2D eigenvalue weighted by Gasteiger charge is 2.61. The number of benzene rings is 1. The van der Waals surface area contributed by atoms with Gasteiger partial charge in [-0.1, -0.05) is 43.8 Å². The fraction of sp³-hybridized carbons (Fsp3) is 0.688. The number of aliphatic hydroxyl groups is 2. The second-order valence-electron chi connectivity index (χ2n) is 12.7. The zero-order chi connectivity index (χ0) is 34.1. The van der Waals surface area contributed by atoms with E-state index in [0.717, 1.165) is 12.0 Å². The molecule has 1 aromatic carbocycles. The molecule has 0 bridgehead atoms. The molecule has 47 heavy (non-hydrogen) atoms. The average Bonchev–Trinajstić information content (AvgIpc) is 3.60. The molecule has 260 valence electrons. The van der Waals surface area contributed by atoms with Gasteiger partial charge in [0.2, 0.25) is 0 Å². The Morgan fingerprint density at radius 3 is 2.47 bits per heavy atom. The van der Waals surface area contributed by atoms with Crippen LogP contribution in [-0.4, -0.2) is 107 Å². The predicted octanol–water partition coefficient (Wildman–Crippen LogP) is 2.07. The van der Waals surface area contributed by atoms with Gasteiger partial charge in [-0.3, -0.25) is 9.59 Å². The molecule has 4 aliphatic heterocycles. The van der Waals surface area contributed by atoms with Gasteiger partial charge in [0, 0.05) is 24.2 Å². The summed E-state index contributed by atoms with van der Waals surface area (Å²) >= 11 is 1.39. The van der Waals surface area contributed by atoms with Crippen LogP contribution < -0.4 is 5.32 Å². The highest BCUT2D eigenvalue weighted by atomic mass is 32.2. The first-order valence-corrected chi connectivity index (χ1v) is 16.6. The van der Waals surface area contributed by atoms with Gasteiger partial charge in [-0.25, -0.2) is 9.59 Å². The number of methoxy groups -OCH3 is 1. The number of esters is 3. The number of rotatable bonds is 12. The molecular weight excluding hydrogens is 638 g/mol. The maximum atomic E-state index is 13.4. The second-order valence-corrected chi connectivity index (χ2v) is 14.2. The van der Waals surface area contributed by atoms with Crippen molar-refractivity contribution in [3.05, 3.63) is 30.3 Å². The van der Waals surface area contributed by atoms with E-state index in [2.05, 4.69) is 5.32 Å². The maximum Gasteiger partial charge on any atom is 0.407 e. The summed E-state index contributed by atoms with van der Waals surface area (Å²) in [4.78, 5) is 50.1. The van der Waals surface area contributed by atoms with Crippen molar-refractivity contribution in [3.63, 3.8) is 0 Å². The zero-order valence-corrected chi connectivity index (χ0v) is 27.8. The Balaban J connectivity index is 1.37. The number of amides is 1. The Kier molecular flexibility index (Phi) is 10.7. The number of hydrogen-bond donors (Lipinski definition) is 3. The number of ether oxygens (including phenoxy) is 7. The van der Waals surface area contributed by atoms with Crippen LogP contribution in [0.1, 0.15) is 53.4 Å². The first-order valence-electron chi connectivity index (χ1n) is 15.8. The van der Waals surface area contributed by atoms with Crippen LogP contribution in [0.5, 0.6) is 0 Å². The third-order valence-electron chi connectivity index (χ3n) is 9.26. The molecular formula is C32H43NO13S. The van der Waals surface area contributed by atoms with Crippen LogP contribution in [-0.2, 0) is 47.5 Å². The van der Waals surface area contributed by atoms with Crippen molar-refractivity contribution < 1.29 is 62.5 Å². The van der Waals surface area contributed by atoms with Crippen molar-refractivity contribution in [1.29, 1.82) is 0 Å². The molecule has 4 fully saturated rings. The maximum absolute atomic E-state index is 13.4. The predicted molar refractivity (Wildman–Crippen MR) is 163 cm³/mol. The van der Waals surface area contributed by atoms with Crippen LogP contribution in [0.3, 0.4) is 0 Å². The van der Waals surface area contributed by atoms with Gasteiger partial charge in [0.1, 0.15) is 47.7 Å². The molecule has 1 aromatic rings. The van der Waals surface area contributed by atoms with Crippen LogP contribution >= 0.6 is 11.8 Å². The minimum absolute atomic E-state index is 0.0166. The lowest BCUT2D eigenvalue weighted by Crippen LogP contribution is -2.63. The molecule has 15 heteroatoms. The average molecular weight is 682 g/mol. The molecule has 1 amide bonds. The highest BCUT2D eigenvalue weighted by Crippen LogP contribution is 2.46. The fourth-order valence-corrected chi connectivity index (χ4v) is 7.98. The van der Waals surface area contributed by atoms with Gasteiger partial charge in [-0.05, 0) is 31.4 Å². The third kappa shape index (κ3) is 7.55. The lowest BCUT2D eigenvalue weighted by molar-refractivity contribution is -0.320. The molecule has 3 N–H and O–H groups in total. The molecule has 0 saturated carbocycles. The Hall–Kier alpha value is -2.95. The smallest absolute Gasteiger partial charge is 0.407 e. The number of hydrogen-bond acceptors (Lipinski definition) is 14. The first-order chi connectivity index (χ1) is 22.3. The minimum atomic E-state index is -2.18. The van der Waals surface area contributed by atoms with Crippen molar-refractivity contribution in [3.8, 4) is 0 Å². The summed E-state index contributed by atoms with van der Waals surface area (Å²) in [5.41, 5.74) is 0. The van der Waals surface area contributed by atoms with E-state index < -0.39 is 96.0 Å². The van der Waals surface area contributed by atoms with Crippen LogP contribution in [0.15, 0.2) is 35.2 Å². The lowest BCUT2D eigenvalue weighted by Gasteiger charge is -2.47. The van der Waals surface area contributed by atoms with Crippen LogP contribution in [0.25, 0.3) is 0 Å². The van der Waals surface area contributed by atoms with E-state index in [1.807, 2.05) is 51.1 Å². The van der Waals surface area contributed by atoms with Crippen LogP contribution in [0.2, 0.25) is 0 Å². The summed E-state index contributed by atoms with van der Waals surface area (Å²) in [6.45, 7) is 6.18. The summed E-state index contributed by atoms with van der Waals surface area (Å²) in [5, 5.41) is 25.4. The summed E-state index contributed by atoms with van der Waals surface area (Å²) in [5.74, 6) is -5.00. The largest absolute Gasteiger partial charge is 0.465 e. The lowest BCUT2D eigenvalue weighted by atomic mass is 9.80. The number of nitrogens with one attached hydrogen (secondary N) is 1. The number of alkyl carbamates (subject to hydrolysis) is 1. The van der Waals surface area contributed by atoms with Crippen molar-refractivity contribution in [1.82, 2.24) is 5.32 Å². The summed E-state index contributed by atoms with van der Waals surface area (Å²) in [6, 6.07) is 8.67. The Labute approximate surface area is 277 Å². The molecule has 5 rings (SSSR count). The standard InChI is InChI=1S/C32H43NO13S/c1-6-16(2)26(42-17(3)34)27-19-12-23(36)43-21(19)14-32(46-27,29(38)40-5)41-15-20(35)25(37)28-24-22(44-30(39)33-24)13-31(4,45-28)47-18-10-8-7-9-11-18/h7-11,16,19-22,24-28,35,37H,6,12-15H2,1-5H3,(H,33,39)/t16-,19-,20-,21-,22-,24-,25-,26-,27?,28?,31+,32-/m1/s1. The normalized spacial score (nSPS) is 35.6. The van der Waals surface area contributed by atoms with E-state index in [0.29, 0.717) is 12.8 Å². The quantitative estimate of drug-likeness (QED) is 0.215. The fourth-order valence-electron chi connectivity index (χ4n) is 6.78. The zero-order valence-electron chi connectivity index (χ0n) is 27.0. The first kappa shape index (κ1) is 35.4. The summed E-state index contributed by atoms with van der Waals surface area (Å²) in [6.07, 6.45) is -7.81. The summed E-state index contributed by atoms with van der Waals surface area (Å²) in [7, 11) is 1.13. The number of thioether (sulfide) groups is 1. The Bertz CT molecular complexity index is 1320. The van der Waals surface area contributed by atoms with E-state index in [1.54, 1.807) is 0 Å². The van der Waals surface area contributed by atoms with Crippen LogP contribution in [0, 0.1) is 11.8 Å². The number of aliphatic hydroxyl groups excluding tert-OH is 2. The van der Waals surface area contributed by atoms with Crippen molar-refractivity contribution in [2.24, 2.45) is 11.8 Å². The second kappa shape index (κ2) is 14.3. The molecule has 0 radical (unpaired) electrons. The van der Waals surface area contributed by atoms with Gasteiger partial charge < -0.3 is 48.7 Å². The molecule has 12 atom stereocenters. The van der Waals surface area contributed by atoms with Gasteiger partial charge >= 0.3 is 24.0 Å². The van der Waals surface area contributed by atoms with Gasteiger partial charge in [0.25, 0.3) is 5.79 Å². The summed E-state index contributed by atoms with van der Waals surface area (Å²) < 4.78 is 40.5. The molecule has 2 unspecified atom stereocenters. The van der Waals surface area contributed by atoms with E-state index in [1.165, 1.54) is 18.7 Å². The van der Waals surface area contributed by atoms with Crippen molar-refractivity contribution in [2.75, 3.05) is 13.7 Å². The Morgan fingerprint density at radius 1 is 1.09 bits per heavy atom. The number of carbonyl (C=O) groups excluding carboxylic acids is 4. The van der Waals surface area contributed by atoms with Gasteiger partial charge in [0.15, 0.2) is 0 Å². The monoisotopic (exact) mass is 681 g/mol. The van der Waals surface area contributed by atoms with E-state index >= 15 is 0 Å². The molecule has 0 aliphatic carbocycles. The molecule has 0 aromatic heterocycles. The molecule has 4 heterocycles. The minimum Gasteiger partial charge on any atom is -0.465 e. The molecule has 4 aliphatic rings. The Morgan fingerprint density at radius 2 is 1.81 bits per heavy atom. The molecule has 14 nitrogen and oxygen atoms in total. The highest BCUT2D eigenvalue weighted by molar-refractivity contribution is 8.00. The third-order valence-corrected chi connectivity index (χ3v) is 10.5. The topological polar surface area (TPSA) is 185 Å². The number of carbonyl (C=O) groups is 4. The van der Waals surface area contributed by atoms with E-state index in [9.17, 15) is 29.4 Å². The van der Waals surface area contributed by atoms with Gasteiger partial charge in [-0.2, -0.15) is 0 Å². The van der Waals surface area contributed by atoms with E-state index in [4.69, 9.17) is 33.2 Å². The molecule has 4 saturated heterocycles. The van der Waals surface area contributed by atoms with Crippen LogP contribution in [0.4, 0.5) is 4.79 Å².